The van der Waals surface area contributed by atoms with Gasteiger partial charge in [0.05, 0.1) is 17.9 Å². The van der Waals surface area contributed by atoms with Gasteiger partial charge in [-0.25, -0.2) is 4.98 Å². The van der Waals surface area contributed by atoms with E-state index in [0.717, 1.165) is 23.0 Å². The molecule has 0 fully saturated rings. The van der Waals surface area contributed by atoms with E-state index in [1.165, 1.54) is 11.3 Å². The minimum atomic E-state index is -0.766. The molecule has 2 aromatic heterocycles. The van der Waals surface area contributed by atoms with Gasteiger partial charge in [0.25, 0.3) is 0 Å². The summed E-state index contributed by atoms with van der Waals surface area (Å²) >= 11 is 1.54. The SMILES string of the molecule is CCN(Cc1csc(-c2ccco2)n1)CC(C)C(=O)O. The lowest BCUT2D eigenvalue weighted by molar-refractivity contribution is -0.141. The van der Waals surface area contributed by atoms with Crippen molar-refractivity contribution in [3.63, 3.8) is 0 Å². The molecule has 0 aliphatic rings. The maximum absolute atomic E-state index is 10.9. The quantitative estimate of drug-likeness (QED) is 0.850. The fourth-order valence-corrected chi connectivity index (χ4v) is 2.67. The molecule has 0 saturated carbocycles. The highest BCUT2D eigenvalue weighted by Crippen LogP contribution is 2.24. The highest BCUT2D eigenvalue weighted by molar-refractivity contribution is 7.13. The number of carbonyl (C=O) groups is 1. The topological polar surface area (TPSA) is 66.6 Å². The molecule has 6 heteroatoms. The third-order valence-corrected chi connectivity index (χ3v) is 3.98. The third-order valence-electron chi connectivity index (χ3n) is 3.07. The predicted molar refractivity (Wildman–Crippen MR) is 77.6 cm³/mol. The molecule has 0 aliphatic carbocycles. The van der Waals surface area contributed by atoms with E-state index in [0.29, 0.717) is 13.1 Å². The van der Waals surface area contributed by atoms with Crippen LogP contribution in [0.25, 0.3) is 10.8 Å². The summed E-state index contributed by atoms with van der Waals surface area (Å²) < 4.78 is 5.32. The number of carboxylic acids is 1. The standard InChI is InChI=1S/C14H18N2O3S/c1-3-16(7-10(2)14(17)18)8-11-9-20-13(15-11)12-5-4-6-19-12/h4-6,9-10H,3,7-8H2,1-2H3,(H,17,18). The van der Waals surface area contributed by atoms with Crippen molar-refractivity contribution in [3.05, 3.63) is 29.5 Å². The maximum atomic E-state index is 10.9. The fourth-order valence-electron chi connectivity index (χ4n) is 1.89. The van der Waals surface area contributed by atoms with E-state index in [9.17, 15) is 4.79 Å². The van der Waals surface area contributed by atoms with E-state index in [-0.39, 0.29) is 5.92 Å². The Morgan fingerprint density at radius 1 is 1.60 bits per heavy atom. The van der Waals surface area contributed by atoms with Gasteiger partial charge in [-0.15, -0.1) is 11.3 Å². The first kappa shape index (κ1) is 14.7. The van der Waals surface area contributed by atoms with E-state index in [4.69, 9.17) is 9.52 Å². The second-order valence-electron chi connectivity index (χ2n) is 4.69. The number of aliphatic carboxylic acids is 1. The number of nitrogens with zero attached hydrogens (tertiary/aromatic N) is 2. The average molecular weight is 294 g/mol. The van der Waals surface area contributed by atoms with Crippen LogP contribution < -0.4 is 0 Å². The Labute approximate surface area is 121 Å². The molecule has 0 bridgehead atoms. The molecule has 2 rings (SSSR count). The van der Waals surface area contributed by atoms with E-state index in [2.05, 4.69) is 9.88 Å². The molecule has 0 aliphatic heterocycles. The first-order valence-corrected chi connectivity index (χ1v) is 7.41. The number of rotatable bonds is 7. The third kappa shape index (κ3) is 3.68. The van der Waals surface area contributed by atoms with Crippen LogP contribution in [-0.4, -0.2) is 34.0 Å². The first-order valence-electron chi connectivity index (χ1n) is 6.53. The van der Waals surface area contributed by atoms with Crippen molar-refractivity contribution in [2.75, 3.05) is 13.1 Å². The largest absolute Gasteiger partial charge is 0.481 e. The molecule has 0 aromatic carbocycles. The van der Waals surface area contributed by atoms with Crippen LogP contribution in [0.5, 0.6) is 0 Å². The number of aromatic nitrogens is 1. The summed E-state index contributed by atoms with van der Waals surface area (Å²) in [5.41, 5.74) is 0.945. The summed E-state index contributed by atoms with van der Waals surface area (Å²) in [6, 6.07) is 3.72. The number of furan rings is 1. The van der Waals surface area contributed by atoms with Crippen molar-refractivity contribution >= 4 is 17.3 Å². The summed E-state index contributed by atoms with van der Waals surface area (Å²) in [6.07, 6.45) is 1.63. The molecule has 1 unspecified atom stereocenters. The number of hydrogen-bond donors (Lipinski definition) is 1. The Morgan fingerprint density at radius 2 is 2.40 bits per heavy atom. The van der Waals surface area contributed by atoms with Crippen LogP contribution in [-0.2, 0) is 11.3 Å². The van der Waals surface area contributed by atoms with Crippen LogP contribution in [0.4, 0.5) is 0 Å². The molecule has 2 aromatic rings. The zero-order chi connectivity index (χ0) is 14.5. The normalized spacial score (nSPS) is 12.8. The second-order valence-corrected chi connectivity index (χ2v) is 5.55. The Kier molecular flexibility index (Phi) is 4.92. The molecule has 0 saturated heterocycles. The molecule has 20 heavy (non-hydrogen) atoms. The number of hydrogen-bond acceptors (Lipinski definition) is 5. The number of carboxylic acid groups (broad SMARTS) is 1. The van der Waals surface area contributed by atoms with Crippen LogP contribution in [0.1, 0.15) is 19.5 Å². The van der Waals surface area contributed by atoms with Crippen LogP contribution >= 0.6 is 11.3 Å². The number of thiazole rings is 1. The second kappa shape index (κ2) is 6.67. The molecular formula is C14H18N2O3S. The van der Waals surface area contributed by atoms with Crippen LogP contribution in [0, 0.1) is 5.92 Å². The fraction of sp³-hybridized carbons (Fsp3) is 0.429. The van der Waals surface area contributed by atoms with Gasteiger partial charge < -0.3 is 9.52 Å². The summed E-state index contributed by atoms with van der Waals surface area (Å²) in [5.74, 6) is -0.376. The van der Waals surface area contributed by atoms with Crippen molar-refractivity contribution < 1.29 is 14.3 Å². The molecule has 0 amide bonds. The molecule has 1 atom stereocenters. The molecule has 5 nitrogen and oxygen atoms in total. The molecule has 108 valence electrons. The van der Waals surface area contributed by atoms with Crippen molar-refractivity contribution in [3.8, 4) is 10.8 Å². The lowest BCUT2D eigenvalue weighted by Crippen LogP contribution is -2.31. The first-order chi connectivity index (χ1) is 9.60. The van der Waals surface area contributed by atoms with Gasteiger partial charge in [0.2, 0.25) is 0 Å². The van der Waals surface area contributed by atoms with Crippen LogP contribution in [0.2, 0.25) is 0 Å². The van der Waals surface area contributed by atoms with Gasteiger partial charge in [0, 0.05) is 18.5 Å². The molecule has 2 heterocycles. The summed E-state index contributed by atoms with van der Waals surface area (Å²) in [6.45, 7) is 5.73. The van der Waals surface area contributed by atoms with Crippen molar-refractivity contribution in [2.45, 2.75) is 20.4 Å². The van der Waals surface area contributed by atoms with Gasteiger partial charge in [0.1, 0.15) is 0 Å². The molecular weight excluding hydrogens is 276 g/mol. The average Bonchev–Trinajstić information content (AvgIpc) is 3.08. The van der Waals surface area contributed by atoms with Gasteiger partial charge in [-0.05, 0) is 18.7 Å². The Morgan fingerprint density at radius 3 is 3.00 bits per heavy atom. The van der Waals surface area contributed by atoms with Crippen molar-refractivity contribution in [2.24, 2.45) is 5.92 Å². The zero-order valence-electron chi connectivity index (χ0n) is 11.6. The lowest BCUT2D eigenvalue weighted by Gasteiger charge is -2.21. The van der Waals surface area contributed by atoms with Gasteiger partial charge >= 0.3 is 5.97 Å². The van der Waals surface area contributed by atoms with E-state index in [1.807, 2.05) is 24.4 Å². The van der Waals surface area contributed by atoms with Crippen LogP contribution in [0.3, 0.4) is 0 Å². The van der Waals surface area contributed by atoms with Gasteiger partial charge in [-0.3, -0.25) is 9.69 Å². The van der Waals surface area contributed by atoms with E-state index in [1.54, 1.807) is 13.2 Å². The van der Waals surface area contributed by atoms with Gasteiger partial charge in [0.15, 0.2) is 10.8 Å². The van der Waals surface area contributed by atoms with E-state index < -0.39 is 5.97 Å². The lowest BCUT2D eigenvalue weighted by atomic mass is 10.1. The Bertz CT molecular complexity index is 551. The summed E-state index contributed by atoms with van der Waals surface area (Å²) in [4.78, 5) is 17.5. The Hall–Kier alpha value is -1.66. The van der Waals surface area contributed by atoms with Gasteiger partial charge in [-0.2, -0.15) is 0 Å². The smallest absolute Gasteiger partial charge is 0.307 e. The predicted octanol–water partition coefficient (Wildman–Crippen LogP) is 2.95. The zero-order valence-corrected chi connectivity index (χ0v) is 12.4. The minimum Gasteiger partial charge on any atom is -0.481 e. The van der Waals surface area contributed by atoms with Gasteiger partial charge in [-0.1, -0.05) is 13.8 Å². The van der Waals surface area contributed by atoms with Crippen LogP contribution in [0.15, 0.2) is 28.2 Å². The van der Waals surface area contributed by atoms with E-state index >= 15 is 0 Å². The summed E-state index contributed by atoms with van der Waals surface area (Å²) in [5, 5.41) is 11.8. The molecule has 0 spiro atoms. The Balaban J connectivity index is 1.99. The highest BCUT2D eigenvalue weighted by Gasteiger charge is 2.16. The molecule has 1 N–H and O–H groups in total. The molecule has 0 radical (unpaired) electrons. The van der Waals surface area contributed by atoms with Crippen molar-refractivity contribution in [1.82, 2.24) is 9.88 Å². The monoisotopic (exact) mass is 294 g/mol. The van der Waals surface area contributed by atoms with Crippen molar-refractivity contribution in [1.29, 1.82) is 0 Å². The highest BCUT2D eigenvalue weighted by atomic mass is 32.1. The summed E-state index contributed by atoms with van der Waals surface area (Å²) in [7, 11) is 0. The minimum absolute atomic E-state index is 0.377. The maximum Gasteiger partial charge on any atom is 0.307 e.